The number of hydrogen-bond acceptors (Lipinski definition) is 1. The van der Waals surface area contributed by atoms with Gasteiger partial charge in [-0.3, -0.25) is 0 Å². The number of benzene rings is 2. The summed E-state index contributed by atoms with van der Waals surface area (Å²) in [5.41, 5.74) is 2.42. The highest BCUT2D eigenvalue weighted by Crippen LogP contribution is 2.41. The summed E-state index contributed by atoms with van der Waals surface area (Å²) in [5.74, 6) is -0.309. The van der Waals surface area contributed by atoms with Crippen LogP contribution >= 0.6 is 0 Å². The third-order valence-corrected chi connectivity index (χ3v) is 3.41. The van der Waals surface area contributed by atoms with Crippen molar-refractivity contribution >= 4 is 11.0 Å². The van der Waals surface area contributed by atoms with Gasteiger partial charge in [0.05, 0.1) is 0 Å². The minimum atomic E-state index is -3.12. The molecule has 0 radical (unpaired) electrons. The van der Waals surface area contributed by atoms with E-state index in [2.05, 4.69) is 0 Å². The number of rotatable bonds is 3. The zero-order chi connectivity index (χ0) is 15.0. The first-order chi connectivity index (χ1) is 10.1. The lowest BCUT2D eigenvalue weighted by atomic mass is 10.00. The Hall–Kier alpha value is -2.23. The number of hydrogen-bond donors (Lipinski definition) is 0. The molecule has 1 aromatic heterocycles. The van der Waals surface area contributed by atoms with Gasteiger partial charge < -0.3 is 4.42 Å². The maximum atomic E-state index is 13.9. The van der Waals surface area contributed by atoms with Gasteiger partial charge in [0.15, 0.2) is 5.76 Å². The second-order valence-corrected chi connectivity index (χ2v) is 4.94. The Balaban J connectivity index is 2.30. The summed E-state index contributed by atoms with van der Waals surface area (Å²) in [7, 11) is 0. The average Bonchev–Trinajstić information content (AvgIpc) is 2.85. The molecule has 4 heteroatoms. The van der Waals surface area contributed by atoms with Crippen LogP contribution in [0.2, 0.25) is 0 Å². The Morgan fingerprint density at radius 2 is 1.67 bits per heavy atom. The summed E-state index contributed by atoms with van der Waals surface area (Å²) in [5, 5.41) is 0.644. The van der Waals surface area contributed by atoms with E-state index in [1.807, 2.05) is 19.1 Å². The summed E-state index contributed by atoms with van der Waals surface area (Å²) in [6.07, 6.45) is -5.55. The van der Waals surface area contributed by atoms with Gasteiger partial charge in [-0.05, 0) is 24.1 Å². The van der Waals surface area contributed by atoms with Gasteiger partial charge in [-0.2, -0.15) is 0 Å². The topological polar surface area (TPSA) is 13.1 Å². The fraction of sp³-hybridized carbons (Fsp3) is 0.176. The lowest BCUT2D eigenvalue weighted by Crippen LogP contribution is -2.03. The molecule has 0 aliphatic carbocycles. The number of furan rings is 1. The van der Waals surface area contributed by atoms with Crippen molar-refractivity contribution in [2.24, 2.45) is 0 Å². The van der Waals surface area contributed by atoms with Gasteiger partial charge in [-0.1, -0.05) is 42.5 Å². The molecular formula is C17H13F3O. The van der Waals surface area contributed by atoms with Crippen molar-refractivity contribution in [3.8, 4) is 11.1 Å². The van der Waals surface area contributed by atoms with Gasteiger partial charge in [-0.15, -0.1) is 0 Å². The standard InChI is InChI=1S/C17H13F3O/c1-10-7-8-12-13(9-10)21-16(15(18)17(19)20)14(12)11-5-3-2-4-6-11/h2-9,15,17H,1H3. The molecule has 0 aliphatic heterocycles. The van der Waals surface area contributed by atoms with Crippen LogP contribution in [-0.2, 0) is 0 Å². The van der Waals surface area contributed by atoms with E-state index in [0.29, 0.717) is 22.1 Å². The highest BCUT2D eigenvalue weighted by Gasteiger charge is 2.30. The molecule has 1 nitrogen and oxygen atoms in total. The molecule has 108 valence electrons. The lowest BCUT2D eigenvalue weighted by Gasteiger charge is -2.07. The Morgan fingerprint density at radius 3 is 2.33 bits per heavy atom. The molecule has 3 aromatic rings. The number of fused-ring (bicyclic) bond motifs is 1. The molecule has 0 N–H and O–H groups in total. The van der Waals surface area contributed by atoms with Crippen LogP contribution in [0.1, 0.15) is 17.5 Å². The van der Waals surface area contributed by atoms with E-state index in [-0.39, 0.29) is 5.76 Å². The van der Waals surface area contributed by atoms with E-state index in [1.54, 1.807) is 36.4 Å². The van der Waals surface area contributed by atoms with Crippen molar-refractivity contribution in [1.82, 2.24) is 0 Å². The van der Waals surface area contributed by atoms with E-state index in [1.165, 1.54) is 0 Å². The molecular weight excluding hydrogens is 277 g/mol. The fourth-order valence-electron chi connectivity index (χ4n) is 2.43. The molecule has 0 amide bonds. The Kier molecular flexibility index (Phi) is 3.45. The molecule has 0 saturated carbocycles. The number of aryl methyl sites for hydroxylation is 1. The van der Waals surface area contributed by atoms with Gasteiger partial charge in [0.25, 0.3) is 6.43 Å². The van der Waals surface area contributed by atoms with Gasteiger partial charge in [0.2, 0.25) is 6.17 Å². The molecule has 0 bridgehead atoms. The third kappa shape index (κ3) is 2.42. The molecule has 3 rings (SSSR count). The summed E-state index contributed by atoms with van der Waals surface area (Å²) in [6, 6.07) is 14.2. The molecule has 0 fully saturated rings. The van der Waals surface area contributed by atoms with Crippen molar-refractivity contribution in [3.63, 3.8) is 0 Å². The summed E-state index contributed by atoms with van der Waals surface area (Å²) < 4.78 is 44.9. The van der Waals surface area contributed by atoms with Crippen LogP contribution in [0.4, 0.5) is 13.2 Å². The van der Waals surface area contributed by atoms with Crippen molar-refractivity contribution in [2.75, 3.05) is 0 Å². The molecule has 21 heavy (non-hydrogen) atoms. The molecule has 1 atom stereocenters. The predicted molar refractivity (Wildman–Crippen MR) is 76.2 cm³/mol. The smallest absolute Gasteiger partial charge is 0.276 e. The predicted octanol–water partition coefficient (Wildman–Crippen LogP) is 5.68. The first kappa shape index (κ1) is 13.7. The minimum Gasteiger partial charge on any atom is -0.457 e. The molecule has 2 aromatic carbocycles. The van der Waals surface area contributed by atoms with Crippen LogP contribution in [0.15, 0.2) is 52.9 Å². The van der Waals surface area contributed by atoms with Crippen LogP contribution in [0, 0.1) is 6.92 Å². The highest BCUT2D eigenvalue weighted by atomic mass is 19.3. The van der Waals surface area contributed by atoms with Crippen molar-refractivity contribution in [3.05, 3.63) is 59.9 Å². The summed E-state index contributed by atoms with van der Waals surface area (Å²) in [4.78, 5) is 0. The largest absolute Gasteiger partial charge is 0.457 e. The molecule has 0 saturated heterocycles. The molecule has 1 heterocycles. The minimum absolute atomic E-state index is 0.309. The van der Waals surface area contributed by atoms with Crippen LogP contribution in [0.25, 0.3) is 22.1 Å². The zero-order valence-corrected chi connectivity index (χ0v) is 11.3. The maximum absolute atomic E-state index is 13.9. The highest BCUT2D eigenvalue weighted by molar-refractivity contribution is 5.96. The van der Waals surface area contributed by atoms with Crippen LogP contribution in [-0.4, -0.2) is 6.43 Å². The van der Waals surface area contributed by atoms with Crippen LogP contribution in [0.5, 0.6) is 0 Å². The SMILES string of the molecule is Cc1ccc2c(-c3ccccc3)c(C(F)C(F)F)oc2c1. The molecule has 0 spiro atoms. The van der Waals surface area contributed by atoms with Crippen LogP contribution < -0.4 is 0 Å². The van der Waals surface area contributed by atoms with Crippen molar-refractivity contribution in [1.29, 1.82) is 0 Å². The zero-order valence-electron chi connectivity index (χ0n) is 11.3. The van der Waals surface area contributed by atoms with Crippen molar-refractivity contribution < 1.29 is 17.6 Å². The lowest BCUT2D eigenvalue weighted by molar-refractivity contribution is 0.0389. The van der Waals surface area contributed by atoms with Gasteiger partial charge >= 0.3 is 0 Å². The molecule has 1 unspecified atom stereocenters. The maximum Gasteiger partial charge on any atom is 0.276 e. The van der Waals surface area contributed by atoms with Gasteiger partial charge in [0, 0.05) is 10.9 Å². The fourth-order valence-corrected chi connectivity index (χ4v) is 2.43. The van der Waals surface area contributed by atoms with E-state index in [4.69, 9.17) is 4.42 Å². The Bertz CT molecular complexity index is 762. The normalized spacial score (nSPS) is 13.0. The van der Waals surface area contributed by atoms with E-state index >= 15 is 0 Å². The third-order valence-electron chi connectivity index (χ3n) is 3.41. The number of alkyl halides is 3. The monoisotopic (exact) mass is 290 g/mol. The van der Waals surface area contributed by atoms with E-state index in [9.17, 15) is 13.2 Å². The summed E-state index contributed by atoms with van der Waals surface area (Å²) in [6.45, 7) is 1.86. The first-order valence-electron chi connectivity index (χ1n) is 6.58. The summed E-state index contributed by atoms with van der Waals surface area (Å²) >= 11 is 0. The number of halogens is 3. The van der Waals surface area contributed by atoms with Gasteiger partial charge in [-0.25, -0.2) is 13.2 Å². The second-order valence-electron chi connectivity index (χ2n) is 4.94. The second kappa shape index (κ2) is 5.28. The van der Waals surface area contributed by atoms with Crippen LogP contribution in [0.3, 0.4) is 0 Å². The van der Waals surface area contributed by atoms with E-state index < -0.39 is 12.6 Å². The molecule has 0 aliphatic rings. The Labute approximate surface area is 120 Å². The average molecular weight is 290 g/mol. The van der Waals surface area contributed by atoms with Gasteiger partial charge in [0.1, 0.15) is 5.58 Å². The Morgan fingerprint density at radius 1 is 0.952 bits per heavy atom. The quantitative estimate of drug-likeness (QED) is 0.604. The first-order valence-corrected chi connectivity index (χ1v) is 6.58. The van der Waals surface area contributed by atoms with Crippen molar-refractivity contribution in [2.45, 2.75) is 19.5 Å². The van der Waals surface area contributed by atoms with E-state index in [0.717, 1.165) is 5.56 Å².